The van der Waals surface area contributed by atoms with Crippen molar-refractivity contribution in [3.05, 3.63) is 27.1 Å². The molecule has 7 nitrogen and oxygen atoms in total. The van der Waals surface area contributed by atoms with E-state index in [1.54, 1.807) is 7.05 Å². The van der Waals surface area contributed by atoms with Crippen LogP contribution in [-0.2, 0) is 21.2 Å². The number of aryl methyl sites for hydroxylation is 3. The molecule has 1 aliphatic rings. The summed E-state index contributed by atoms with van der Waals surface area (Å²) < 4.78 is 24.6. The molecule has 0 radical (unpaired) electrons. The maximum absolute atomic E-state index is 12.6. The van der Waals surface area contributed by atoms with Gasteiger partial charge in [-0.1, -0.05) is 0 Å². The number of sulfone groups is 1. The van der Waals surface area contributed by atoms with Crippen LogP contribution in [0.15, 0.2) is 11.1 Å². The molecule has 25 heavy (non-hydrogen) atoms. The molecule has 2 aromatic heterocycles. The fraction of sp³-hybridized carbons (Fsp3) is 0.562. The molecule has 1 saturated heterocycles. The van der Waals surface area contributed by atoms with Crippen molar-refractivity contribution in [3.63, 3.8) is 0 Å². The summed E-state index contributed by atoms with van der Waals surface area (Å²) in [6.07, 6.45) is 2.10. The smallest absolute Gasteiger partial charge is 0.262 e. The van der Waals surface area contributed by atoms with Gasteiger partial charge in [0.05, 0.1) is 23.2 Å². The van der Waals surface area contributed by atoms with Gasteiger partial charge < -0.3 is 4.90 Å². The first kappa shape index (κ1) is 18.1. The molecule has 0 aromatic carbocycles. The summed E-state index contributed by atoms with van der Waals surface area (Å²) in [4.78, 5) is 32.6. The van der Waals surface area contributed by atoms with E-state index in [1.165, 1.54) is 27.1 Å². The lowest BCUT2D eigenvalue weighted by Crippen LogP contribution is -2.38. The molecule has 0 spiro atoms. The van der Waals surface area contributed by atoms with Crippen LogP contribution in [0.3, 0.4) is 0 Å². The monoisotopic (exact) mass is 383 g/mol. The first-order valence-corrected chi connectivity index (χ1v) is 10.7. The molecule has 1 fully saturated rings. The van der Waals surface area contributed by atoms with Crippen LogP contribution in [-0.4, -0.2) is 53.4 Å². The number of thiophene rings is 1. The van der Waals surface area contributed by atoms with E-state index in [2.05, 4.69) is 4.98 Å². The molecule has 136 valence electrons. The van der Waals surface area contributed by atoms with Crippen molar-refractivity contribution >= 4 is 37.3 Å². The van der Waals surface area contributed by atoms with Gasteiger partial charge in [0.2, 0.25) is 5.91 Å². The molecular formula is C16H21N3O4S2. The van der Waals surface area contributed by atoms with E-state index in [9.17, 15) is 18.0 Å². The van der Waals surface area contributed by atoms with Crippen LogP contribution in [0.5, 0.6) is 0 Å². The van der Waals surface area contributed by atoms with E-state index in [0.29, 0.717) is 11.8 Å². The topological polar surface area (TPSA) is 89.3 Å². The van der Waals surface area contributed by atoms with E-state index < -0.39 is 9.84 Å². The number of carbonyl (C=O) groups is 1. The van der Waals surface area contributed by atoms with Gasteiger partial charge in [-0.15, -0.1) is 11.3 Å². The minimum Gasteiger partial charge on any atom is -0.342 e. The van der Waals surface area contributed by atoms with Crippen LogP contribution < -0.4 is 5.56 Å². The van der Waals surface area contributed by atoms with E-state index in [1.807, 2.05) is 13.8 Å². The Hall–Kier alpha value is -1.74. The average molecular weight is 383 g/mol. The Kier molecular flexibility index (Phi) is 4.72. The van der Waals surface area contributed by atoms with Crippen molar-refractivity contribution in [2.75, 3.05) is 18.6 Å². The molecular weight excluding hydrogens is 362 g/mol. The number of carbonyl (C=O) groups excluding carboxylic acids is 1. The van der Waals surface area contributed by atoms with Crippen LogP contribution in [0.1, 0.15) is 23.3 Å². The summed E-state index contributed by atoms with van der Waals surface area (Å²) in [6.45, 7) is 4.10. The van der Waals surface area contributed by atoms with Crippen LogP contribution in [0.4, 0.5) is 0 Å². The van der Waals surface area contributed by atoms with Crippen LogP contribution in [0.2, 0.25) is 0 Å². The van der Waals surface area contributed by atoms with E-state index in [-0.39, 0.29) is 42.0 Å². The molecule has 1 unspecified atom stereocenters. The molecule has 1 atom stereocenters. The quantitative estimate of drug-likeness (QED) is 0.789. The Morgan fingerprint density at radius 2 is 2.16 bits per heavy atom. The fourth-order valence-electron chi connectivity index (χ4n) is 3.11. The molecule has 0 aliphatic carbocycles. The van der Waals surface area contributed by atoms with Gasteiger partial charge >= 0.3 is 0 Å². The molecule has 3 rings (SSSR count). The SMILES string of the molecule is Cc1sc2ncn(CCC(=O)N(C)C3CCS(=O)(=O)C3)c(=O)c2c1C. The van der Waals surface area contributed by atoms with Crippen molar-refractivity contribution in [2.45, 2.75) is 39.3 Å². The Balaban J connectivity index is 1.72. The van der Waals surface area contributed by atoms with Gasteiger partial charge in [-0.2, -0.15) is 0 Å². The maximum atomic E-state index is 12.6. The predicted octanol–water partition coefficient (Wildman–Crippen LogP) is 1.11. The second-order valence-corrected chi connectivity index (χ2v) is 9.95. The number of hydrogen-bond donors (Lipinski definition) is 0. The van der Waals surface area contributed by atoms with E-state index in [4.69, 9.17) is 0 Å². The second-order valence-electron chi connectivity index (χ2n) is 6.52. The summed E-state index contributed by atoms with van der Waals surface area (Å²) in [7, 11) is -1.40. The Morgan fingerprint density at radius 1 is 1.44 bits per heavy atom. The second kappa shape index (κ2) is 6.53. The van der Waals surface area contributed by atoms with Crippen LogP contribution in [0.25, 0.3) is 10.2 Å². The van der Waals surface area contributed by atoms with Crippen molar-refractivity contribution in [1.29, 1.82) is 0 Å². The third kappa shape index (κ3) is 3.48. The molecule has 0 bridgehead atoms. The molecule has 9 heteroatoms. The summed E-state index contributed by atoms with van der Waals surface area (Å²) in [5.74, 6) is -0.00494. The van der Waals surface area contributed by atoms with Gasteiger partial charge in [-0.05, 0) is 25.8 Å². The van der Waals surface area contributed by atoms with E-state index in [0.717, 1.165) is 15.3 Å². The maximum Gasteiger partial charge on any atom is 0.262 e. The molecule has 3 heterocycles. The highest BCUT2D eigenvalue weighted by Gasteiger charge is 2.32. The van der Waals surface area contributed by atoms with Gasteiger partial charge in [0.15, 0.2) is 9.84 Å². The standard InChI is InChI=1S/C16H21N3O4S2/c1-10-11(2)24-15-14(10)16(21)19(9-17-15)6-4-13(20)18(3)12-5-7-25(22,23)8-12/h9,12H,4-8H2,1-3H3. The fourth-order valence-corrected chi connectivity index (χ4v) is 5.87. The van der Waals surface area contributed by atoms with Crippen molar-refractivity contribution in [2.24, 2.45) is 0 Å². The lowest BCUT2D eigenvalue weighted by Gasteiger charge is -2.23. The average Bonchev–Trinajstić information content (AvgIpc) is 3.06. The number of aromatic nitrogens is 2. The van der Waals surface area contributed by atoms with Crippen molar-refractivity contribution in [1.82, 2.24) is 14.5 Å². The summed E-state index contributed by atoms with van der Waals surface area (Å²) in [5.41, 5.74) is 0.803. The first-order valence-electron chi connectivity index (χ1n) is 8.11. The normalized spacial score (nSPS) is 19.4. The third-order valence-electron chi connectivity index (χ3n) is 4.87. The summed E-state index contributed by atoms with van der Waals surface area (Å²) >= 11 is 1.49. The number of hydrogen-bond acceptors (Lipinski definition) is 6. The van der Waals surface area contributed by atoms with Gasteiger partial charge in [0.1, 0.15) is 4.83 Å². The lowest BCUT2D eigenvalue weighted by molar-refractivity contribution is -0.131. The number of nitrogens with zero attached hydrogens (tertiary/aromatic N) is 3. The Morgan fingerprint density at radius 3 is 2.80 bits per heavy atom. The van der Waals surface area contributed by atoms with Gasteiger partial charge in [-0.3, -0.25) is 14.2 Å². The van der Waals surface area contributed by atoms with Gasteiger partial charge in [-0.25, -0.2) is 13.4 Å². The van der Waals surface area contributed by atoms with Crippen LogP contribution in [0, 0.1) is 13.8 Å². The Bertz CT molecular complexity index is 991. The number of fused-ring (bicyclic) bond motifs is 1. The number of amides is 1. The molecule has 1 aliphatic heterocycles. The van der Waals surface area contributed by atoms with Crippen molar-refractivity contribution in [3.8, 4) is 0 Å². The predicted molar refractivity (Wildman–Crippen MR) is 97.8 cm³/mol. The summed E-state index contributed by atoms with van der Waals surface area (Å²) in [6, 6.07) is -0.267. The molecule has 0 N–H and O–H groups in total. The highest BCUT2D eigenvalue weighted by atomic mass is 32.2. The third-order valence-corrected chi connectivity index (χ3v) is 7.74. The lowest BCUT2D eigenvalue weighted by atomic mass is 10.2. The molecule has 0 saturated carbocycles. The zero-order chi connectivity index (χ0) is 18.4. The minimum atomic E-state index is -3.03. The summed E-state index contributed by atoms with van der Waals surface area (Å²) in [5, 5.41) is 0.618. The van der Waals surface area contributed by atoms with Crippen molar-refractivity contribution < 1.29 is 13.2 Å². The zero-order valence-electron chi connectivity index (χ0n) is 14.5. The largest absolute Gasteiger partial charge is 0.342 e. The van der Waals surface area contributed by atoms with E-state index >= 15 is 0 Å². The van der Waals surface area contributed by atoms with Gasteiger partial charge in [0, 0.05) is 30.9 Å². The molecule has 1 amide bonds. The highest BCUT2D eigenvalue weighted by molar-refractivity contribution is 7.91. The zero-order valence-corrected chi connectivity index (χ0v) is 16.1. The first-order chi connectivity index (χ1) is 11.7. The van der Waals surface area contributed by atoms with Gasteiger partial charge in [0.25, 0.3) is 5.56 Å². The van der Waals surface area contributed by atoms with Crippen LogP contribution >= 0.6 is 11.3 Å². The minimum absolute atomic E-state index is 0.0239. The number of rotatable bonds is 4. The molecule has 2 aromatic rings. The Labute approximate surface area is 150 Å². The highest BCUT2D eigenvalue weighted by Crippen LogP contribution is 2.25.